The molecule has 0 aliphatic rings. The number of hydrogen-bond acceptors (Lipinski definition) is 4. The van der Waals surface area contributed by atoms with Crippen molar-refractivity contribution in [3.63, 3.8) is 0 Å². The van der Waals surface area contributed by atoms with Gasteiger partial charge in [-0.3, -0.25) is 0 Å². The number of hydrogen-bond donors (Lipinski definition) is 2. The van der Waals surface area contributed by atoms with E-state index in [0.29, 0.717) is 0 Å². The van der Waals surface area contributed by atoms with E-state index in [1.54, 1.807) is 109 Å². The molecule has 0 fully saturated rings. The van der Waals surface area contributed by atoms with E-state index >= 15 is 0 Å². The molecule has 0 radical (unpaired) electrons. The average Bonchev–Trinajstić information content (AvgIpc) is 2.85. The SMILES string of the molecule is Cc1ccc(C(O)(c2ccccc2)S(=O)(=O)C(O)(c2ccccc2)c2ccc(C)cc2)cc1. The Labute approximate surface area is 194 Å². The molecule has 4 rings (SSSR count). The van der Waals surface area contributed by atoms with Crippen molar-refractivity contribution in [1.82, 2.24) is 0 Å². The van der Waals surface area contributed by atoms with Crippen molar-refractivity contribution in [1.29, 1.82) is 0 Å². The van der Waals surface area contributed by atoms with Gasteiger partial charge in [-0.15, -0.1) is 0 Å². The third kappa shape index (κ3) is 3.68. The Balaban J connectivity index is 2.08. The second-order valence-electron chi connectivity index (χ2n) is 8.26. The Bertz CT molecular complexity index is 1230. The first-order valence-corrected chi connectivity index (χ1v) is 12.1. The molecule has 0 amide bonds. The molecular formula is C28H26O4S. The van der Waals surface area contributed by atoms with Crippen LogP contribution in [-0.4, -0.2) is 18.6 Å². The van der Waals surface area contributed by atoms with Crippen molar-refractivity contribution in [3.05, 3.63) is 143 Å². The third-order valence-electron chi connectivity index (χ3n) is 5.99. The molecule has 2 N–H and O–H groups in total. The minimum absolute atomic E-state index is 0.148. The normalized spacial score (nSPS) is 15.4. The molecular weight excluding hydrogens is 432 g/mol. The van der Waals surface area contributed by atoms with Crippen LogP contribution in [0.5, 0.6) is 0 Å². The number of benzene rings is 4. The van der Waals surface area contributed by atoms with E-state index in [0.717, 1.165) is 11.1 Å². The van der Waals surface area contributed by atoms with Crippen LogP contribution in [-0.2, 0) is 19.7 Å². The highest BCUT2D eigenvalue weighted by molar-refractivity contribution is 7.93. The molecule has 2 unspecified atom stereocenters. The second-order valence-corrected chi connectivity index (χ2v) is 10.4. The van der Waals surface area contributed by atoms with E-state index in [9.17, 15) is 18.6 Å². The van der Waals surface area contributed by atoms with Gasteiger partial charge in [0.05, 0.1) is 0 Å². The van der Waals surface area contributed by atoms with Crippen molar-refractivity contribution in [2.24, 2.45) is 0 Å². The number of aryl methyl sites for hydroxylation is 2. The Hall–Kier alpha value is -3.25. The summed E-state index contributed by atoms with van der Waals surface area (Å²) in [5.41, 5.74) is 2.44. The maximum Gasteiger partial charge on any atom is 0.226 e. The van der Waals surface area contributed by atoms with Crippen LogP contribution in [0, 0.1) is 13.8 Å². The molecule has 5 heteroatoms. The lowest BCUT2D eigenvalue weighted by Crippen LogP contribution is -2.50. The van der Waals surface area contributed by atoms with Crippen LogP contribution in [0.25, 0.3) is 0 Å². The summed E-state index contributed by atoms with van der Waals surface area (Å²) in [5.74, 6) is 0. The van der Waals surface area contributed by atoms with Gasteiger partial charge in [0.25, 0.3) is 0 Å². The smallest absolute Gasteiger partial charge is 0.226 e. The summed E-state index contributed by atoms with van der Waals surface area (Å²) in [6.07, 6.45) is 0. The predicted molar refractivity (Wildman–Crippen MR) is 130 cm³/mol. The largest absolute Gasteiger partial charge is 0.367 e. The first-order chi connectivity index (χ1) is 15.7. The molecule has 0 aromatic heterocycles. The van der Waals surface area contributed by atoms with E-state index in [1.165, 1.54) is 0 Å². The minimum Gasteiger partial charge on any atom is -0.367 e. The standard InChI is InChI=1S/C28H26O4S/c1-21-13-17-25(18-14-21)27(29,23-9-5-3-6-10-23)33(31,32)28(30,24-11-7-4-8-12-24)26-19-15-22(2)16-20-26/h3-20,29-30H,1-2H3. The third-order valence-corrected chi connectivity index (χ3v) is 8.49. The van der Waals surface area contributed by atoms with E-state index in [1.807, 2.05) is 13.8 Å². The minimum atomic E-state index is -4.79. The highest BCUT2D eigenvalue weighted by Gasteiger charge is 2.58. The van der Waals surface area contributed by atoms with Gasteiger partial charge in [-0.1, -0.05) is 120 Å². The fraction of sp³-hybridized carbons (Fsp3) is 0.143. The van der Waals surface area contributed by atoms with Crippen molar-refractivity contribution in [3.8, 4) is 0 Å². The summed E-state index contributed by atoms with van der Waals surface area (Å²) in [5, 5.41) is 24.3. The van der Waals surface area contributed by atoms with Crippen molar-refractivity contribution >= 4 is 9.84 Å². The molecule has 0 saturated heterocycles. The van der Waals surface area contributed by atoms with Gasteiger partial charge in [0.15, 0.2) is 0 Å². The van der Waals surface area contributed by atoms with Crippen LogP contribution in [0.2, 0.25) is 0 Å². The number of rotatable bonds is 6. The van der Waals surface area contributed by atoms with Gasteiger partial charge < -0.3 is 10.2 Å². The topological polar surface area (TPSA) is 74.6 Å². The summed E-state index contributed by atoms with van der Waals surface area (Å²) in [6, 6.07) is 29.7. The number of sulfone groups is 1. The van der Waals surface area contributed by atoms with Crippen LogP contribution in [0.1, 0.15) is 33.4 Å². The van der Waals surface area contributed by atoms with Gasteiger partial charge in [0.1, 0.15) is 0 Å². The summed E-state index contributed by atoms with van der Waals surface area (Å²) in [4.78, 5) is -5.03. The molecule has 0 saturated carbocycles. The van der Waals surface area contributed by atoms with Gasteiger partial charge in [-0.2, -0.15) is 0 Å². The van der Waals surface area contributed by atoms with Crippen molar-refractivity contribution in [2.75, 3.05) is 0 Å². The molecule has 0 heterocycles. The van der Waals surface area contributed by atoms with Gasteiger partial charge in [0, 0.05) is 22.3 Å². The zero-order valence-corrected chi connectivity index (χ0v) is 19.3. The Morgan fingerprint density at radius 2 is 0.758 bits per heavy atom. The fourth-order valence-electron chi connectivity index (χ4n) is 4.05. The lowest BCUT2D eigenvalue weighted by molar-refractivity contribution is 0.123. The highest BCUT2D eigenvalue weighted by Crippen LogP contribution is 2.47. The maximum atomic E-state index is 14.5. The molecule has 0 bridgehead atoms. The first kappa shape index (κ1) is 22.9. The van der Waals surface area contributed by atoms with Crippen LogP contribution in [0.3, 0.4) is 0 Å². The second kappa shape index (κ2) is 8.60. The summed E-state index contributed by atoms with van der Waals surface area (Å²) < 4.78 is 29.1. The van der Waals surface area contributed by atoms with Crippen LogP contribution >= 0.6 is 0 Å². The molecule has 33 heavy (non-hydrogen) atoms. The lowest BCUT2D eigenvalue weighted by Gasteiger charge is -2.38. The van der Waals surface area contributed by atoms with Crippen LogP contribution in [0.15, 0.2) is 109 Å². The molecule has 0 aliphatic carbocycles. The summed E-state index contributed by atoms with van der Waals surface area (Å²) in [6.45, 7) is 3.76. The quantitative estimate of drug-likeness (QED) is 0.435. The highest BCUT2D eigenvalue weighted by atomic mass is 32.2. The Morgan fingerprint density at radius 3 is 1.06 bits per heavy atom. The molecule has 4 aromatic carbocycles. The monoisotopic (exact) mass is 458 g/mol. The average molecular weight is 459 g/mol. The molecule has 0 aliphatic heterocycles. The zero-order valence-electron chi connectivity index (χ0n) is 18.5. The molecule has 2 atom stereocenters. The summed E-state index contributed by atoms with van der Waals surface area (Å²) in [7, 11) is -4.79. The zero-order chi connectivity index (χ0) is 23.7. The molecule has 4 nitrogen and oxygen atoms in total. The Morgan fingerprint density at radius 1 is 0.485 bits per heavy atom. The molecule has 0 spiro atoms. The first-order valence-electron chi connectivity index (χ1n) is 10.7. The summed E-state index contributed by atoms with van der Waals surface area (Å²) >= 11 is 0. The van der Waals surface area contributed by atoms with Gasteiger partial charge in [0.2, 0.25) is 19.7 Å². The van der Waals surface area contributed by atoms with Crippen molar-refractivity contribution < 1.29 is 18.6 Å². The van der Waals surface area contributed by atoms with E-state index in [4.69, 9.17) is 0 Å². The maximum absolute atomic E-state index is 14.5. The van der Waals surface area contributed by atoms with E-state index in [-0.39, 0.29) is 22.3 Å². The fourth-order valence-corrected chi connectivity index (χ4v) is 6.27. The van der Waals surface area contributed by atoms with Crippen LogP contribution in [0.4, 0.5) is 0 Å². The van der Waals surface area contributed by atoms with Gasteiger partial charge >= 0.3 is 0 Å². The van der Waals surface area contributed by atoms with Crippen molar-refractivity contribution in [2.45, 2.75) is 23.7 Å². The number of aliphatic hydroxyl groups is 2. The molecule has 4 aromatic rings. The van der Waals surface area contributed by atoms with Gasteiger partial charge in [-0.25, -0.2) is 8.42 Å². The Kier molecular flexibility index (Phi) is 5.97. The predicted octanol–water partition coefficient (Wildman–Crippen LogP) is 4.81. The van der Waals surface area contributed by atoms with E-state index in [2.05, 4.69) is 0 Å². The van der Waals surface area contributed by atoms with Gasteiger partial charge in [-0.05, 0) is 13.8 Å². The lowest BCUT2D eigenvalue weighted by atomic mass is 9.99. The van der Waals surface area contributed by atoms with Crippen LogP contribution < -0.4 is 0 Å². The van der Waals surface area contributed by atoms with E-state index < -0.39 is 19.7 Å². The molecule has 168 valence electrons.